The number of carbonyl (C=O) groups is 2. The van der Waals surface area contributed by atoms with Crippen LogP contribution in [0.5, 0.6) is 11.5 Å². The van der Waals surface area contributed by atoms with Gasteiger partial charge in [-0.3, -0.25) is 9.59 Å². The highest BCUT2D eigenvalue weighted by atomic mass is 32.2. The minimum Gasteiger partial charge on any atom is -0.493 e. The minimum absolute atomic E-state index is 0.00654. The van der Waals surface area contributed by atoms with Crippen LogP contribution in [0.25, 0.3) is 0 Å². The van der Waals surface area contributed by atoms with Crippen LogP contribution in [0.1, 0.15) is 26.5 Å². The molecule has 0 fully saturated rings. The van der Waals surface area contributed by atoms with Crippen molar-refractivity contribution in [2.75, 3.05) is 20.0 Å². The van der Waals surface area contributed by atoms with Crippen LogP contribution in [0, 0.1) is 0 Å². The van der Waals surface area contributed by atoms with Crippen molar-refractivity contribution in [3.05, 3.63) is 78.1 Å². The van der Waals surface area contributed by atoms with E-state index < -0.39 is 0 Å². The Morgan fingerprint density at radius 1 is 1.06 bits per heavy atom. The van der Waals surface area contributed by atoms with Gasteiger partial charge >= 0.3 is 0 Å². The average Bonchev–Trinajstić information content (AvgIpc) is 3.22. The quantitative estimate of drug-likeness (QED) is 0.271. The first-order chi connectivity index (χ1) is 15.6. The summed E-state index contributed by atoms with van der Waals surface area (Å²) in [6.45, 7) is 4.40. The van der Waals surface area contributed by atoms with Gasteiger partial charge in [0.05, 0.1) is 26.5 Å². The van der Waals surface area contributed by atoms with Crippen molar-refractivity contribution < 1.29 is 19.1 Å². The molecule has 1 aromatic heterocycles. The summed E-state index contributed by atoms with van der Waals surface area (Å²) in [4.78, 5) is 25.0. The van der Waals surface area contributed by atoms with Crippen molar-refractivity contribution >= 4 is 23.5 Å². The first-order valence-electron chi connectivity index (χ1n) is 9.81. The Morgan fingerprint density at radius 2 is 1.81 bits per heavy atom. The first-order valence-corrected chi connectivity index (χ1v) is 10.8. The zero-order chi connectivity index (χ0) is 22.9. The zero-order valence-corrected chi connectivity index (χ0v) is 18.7. The third-order valence-corrected chi connectivity index (χ3v) is 5.55. The molecule has 1 N–H and O–H groups in total. The number of amides is 1. The summed E-state index contributed by atoms with van der Waals surface area (Å²) in [7, 11) is 3.05. The number of hydrogen-bond acceptors (Lipinski definition) is 7. The molecule has 8 nitrogen and oxygen atoms in total. The number of thioether (sulfide) groups is 1. The van der Waals surface area contributed by atoms with Gasteiger partial charge in [0.2, 0.25) is 0 Å². The van der Waals surface area contributed by atoms with E-state index in [1.807, 2.05) is 22.8 Å². The third-order valence-electron chi connectivity index (χ3n) is 4.59. The van der Waals surface area contributed by atoms with E-state index >= 15 is 0 Å². The monoisotopic (exact) mass is 452 g/mol. The highest BCUT2D eigenvalue weighted by Crippen LogP contribution is 2.27. The van der Waals surface area contributed by atoms with Crippen LogP contribution in [0.15, 0.2) is 66.3 Å². The molecule has 0 radical (unpaired) electrons. The van der Waals surface area contributed by atoms with Gasteiger partial charge in [0, 0.05) is 17.7 Å². The molecule has 1 amide bonds. The summed E-state index contributed by atoms with van der Waals surface area (Å²) in [5.41, 5.74) is 1.08. The molecule has 0 aliphatic heterocycles. The topological polar surface area (TPSA) is 95.3 Å². The number of rotatable bonds is 11. The lowest BCUT2D eigenvalue weighted by Crippen LogP contribution is -2.25. The van der Waals surface area contributed by atoms with Crippen molar-refractivity contribution in [3.63, 3.8) is 0 Å². The second-order valence-corrected chi connectivity index (χ2v) is 7.57. The van der Waals surface area contributed by atoms with Crippen molar-refractivity contribution in [3.8, 4) is 11.5 Å². The molecule has 32 heavy (non-hydrogen) atoms. The van der Waals surface area contributed by atoms with E-state index in [9.17, 15) is 9.59 Å². The maximum absolute atomic E-state index is 12.6. The second-order valence-electron chi connectivity index (χ2n) is 6.63. The highest BCUT2D eigenvalue weighted by Gasteiger charge is 2.16. The Bertz CT molecular complexity index is 1100. The SMILES string of the molecule is C=CCn1c(CNC(=O)c2ccc(OC)c(OC)c2)nnc1SCC(=O)c1ccccc1. The summed E-state index contributed by atoms with van der Waals surface area (Å²) in [6.07, 6.45) is 1.71. The van der Waals surface area contributed by atoms with Gasteiger partial charge in [-0.2, -0.15) is 0 Å². The molecule has 166 valence electrons. The van der Waals surface area contributed by atoms with E-state index in [2.05, 4.69) is 22.1 Å². The van der Waals surface area contributed by atoms with E-state index in [0.717, 1.165) is 0 Å². The first kappa shape index (κ1) is 23.1. The lowest BCUT2D eigenvalue weighted by molar-refractivity contribution is 0.0948. The number of benzene rings is 2. The van der Waals surface area contributed by atoms with E-state index in [4.69, 9.17) is 9.47 Å². The second kappa shape index (κ2) is 11.1. The number of methoxy groups -OCH3 is 2. The molecule has 0 atom stereocenters. The Morgan fingerprint density at radius 3 is 2.50 bits per heavy atom. The van der Waals surface area contributed by atoms with Crippen molar-refractivity contribution in [2.24, 2.45) is 0 Å². The summed E-state index contributed by atoms with van der Waals surface area (Å²) < 4.78 is 12.3. The smallest absolute Gasteiger partial charge is 0.251 e. The van der Waals surface area contributed by atoms with Gasteiger partial charge in [0.1, 0.15) is 0 Å². The maximum atomic E-state index is 12.6. The standard InChI is InChI=1S/C23H24N4O4S/c1-4-12-27-21(14-24-22(29)17-10-11-19(30-2)20(13-17)31-3)25-26-23(27)32-15-18(28)16-8-6-5-7-9-16/h4-11,13H,1,12,14-15H2,2-3H3,(H,24,29). The van der Waals surface area contributed by atoms with Gasteiger partial charge in [-0.05, 0) is 18.2 Å². The lowest BCUT2D eigenvalue weighted by Gasteiger charge is -2.11. The van der Waals surface area contributed by atoms with Crippen LogP contribution < -0.4 is 14.8 Å². The fourth-order valence-corrected chi connectivity index (χ4v) is 3.81. The number of Topliss-reactive ketones (excluding diaryl/α,β-unsaturated/α-hetero) is 1. The highest BCUT2D eigenvalue weighted by molar-refractivity contribution is 7.99. The van der Waals surface area contributed by atoms with Crippen LogP contribution >= 0.6 is 11.8 Å². The maximum Gasteiger partial charge on any atom is 0.251 e. The van der Waals surface area contributed by atoms with Gasteiger partial charge in [-0.15, -0.1) is 16.8 Å². The number of nitrogens with one attached hydrogen (secondary N) is 1. The number of hydrogen-bond donors (Lipinski definition) is 1. The van der Waals surface area contributed by atoms with Gasteiger partial charge in [0.15, 0.2) is 28.3 Å². The van der Waals surface area contributed by atoms with Crippen LogP contribution in [0.3, 0.4) is 0 Å². The van der Waals surface area contributed by atoms with E-state index in [1.54, 1.807) is 36.4 Å². The predicted molar refractivity (Wildman–Crippen MR) is 122 cm³/mol. The Labute approximate surface area is 190 Å². The molecular weight excluding hydrogens is 428 g/mol. The van der Waals surface area contributed by atoms with E-state index in [1.165, 1.54) is 26.0 Å². The molecule has 0 spiro atoms. The average molecular weight is 453 g/mol. The number of nitrogens with zero attached hydrogens (tertiary/aromatic N) is 3. The van der Waals surface area contributed by atoms with Gasteiger partial charge in [-0.25, -0.2) is 0 Å². The molecule has 0 aliphatic rings. The molecule has 3 rings (SSSR count). The van der Waals surface area contributed by atoms with Gasteiger partial charge in [0.25, 0.3) is 5.91 Å². The molecule has 0 saturated carbocycles. The number of ether oxygens (including phenoxy) is 2. The minimum atomic E-state index is -0.285. The molecule has 0 aliphatic carbocycles. The Hall–Kier alpha value is -3.59. The van der Waals surface area contributed by atoms with Crippen molar-refractivity contribution in [1.82, 2.24) is 20.1 Å². The predicted octanol–water partition coefficient (Wildman–Crippen LogP) is 3.39. The van der Waals surface area contributed by atoms with Gasteiger partial charge < -0.3 is 19.4 Å². The summed E-state index contributed by atoms with van der Waals surface area (Å²) in [5.74, 6) is 1.53. The molecule has 0 saturated heterocycles. The number of aromatic nitrogens is 3. The van der Waals surface area contributed by atoms with Crippen LogP contribution in [0.4, 0.5) is 0 Å². The summed E-state index contributed by atoms with van der Waals surface area (Å²) in [5, 5.41) is 11.8. The number of allylic oxidation sites excluding steroid dienone is 1. The zero-order valence-electron chi connectivity index (χ0n) is 17.9. The van der Waals surface area contributed by atoms with Crippen molar-refractivity contribution in [1.29, 1.82) is 0 Å². The molecule has 0 unspecified atom stereocenters. The lowest BCUT2D eigenvalue weighted by atomic mass is 10.2. The molecule has 1 heterocycles. The summed E-state index contributed by atoms with van der Waals surface area (Å²) >= 11 is 1.30. The van der Waals surface area contributed by atoms with E-state index in [-0.39, 0.29) is 24.0 Å². The fraction of sp³-hybridized carbons (Fsp3) is 0.217. The molecule has 2 aromatic carbocycles. The fourth-order valence-electron chi connectivity index (χ4n) is 2.95. The molecular formula is C23H24N4O4S. The van der Waals surface area contributed by atoms with Crippen LogP contribution in [0.2, 0.25) is 0 Å². The molecule has 9 heteroatoms. The van der Waals surface area contributed by atoms with Crippen LogP contribution in [-0.4, -0.2) is 46.4 Å². The Balaban J connectivity index is 1.66. The third kappa shape index (κ3) is 5.55. The number of ketones is 1. The Kier molecular flexibility index (Phi) is 8.04. The van der Waals surface area contributed by atoms with Crippen LogP contribution in [-0.2, 0) is 13.1 Å². The van der Waals surface area contributed by atoms with Gasteiger partial charge in [-0.1, -0.05) is 48.2 Å². The molecule has 0 bridgehead atoms. The largest absolute Gasteiger partial charge is 0.493 e. The molecule has 3 aromatic rings. The van der Waals surface area contributed by atoms with Crippen molar-refractivity contribution in [2.45, 2.75) is 18.2 Å². The normalized spacial score (nSPS) is 10.4. The number of carbonyl (C=O) groups excluding carboxylic acids is 2. The summed E-state index contributed by atoms with van der Waals surface area (Å²) in [6, 6.07) is 14.0. The van der Waals surface area contributed by atoms with E-state index in [0.29, 0.717) is 40.2 Å².